The first-order valence-electron chi connectivity index (χ1n) is 5.93. The fourth-order valence-corrected chi connectivity index (χ4v) is 2.17. The van der Waals surface area contributed by atoms with Crippen molar-refractivity contribution in [1.82, 2.24) is 0 Å². The van der Waals surface area contributed by atoms with Gasteiger partial charge in [0.2, 0.25) is 0 Å². The maximum atomic E-state index is 14.0. The van der Waals surface area contributed by atoms with E-state index in [1.54, 1.807) is 11.9 Å². The van der Waals surface area contributed by atoms with Gasteiger partial charge in [-0.15, -0.1) is 0 Å². The van der Waals surface area contributed by atoms with Crippen LogP contribution in [0.25, 0.3) is 0 Å². The minimum absolute atomic E-state index is 0.0171. The minimum atomic E-state index is -1.46. The topological polar surface area (TPSA) is 92.9 Å². The summed E-state index contributed by atoms with van der Waals surface area (Å²) in [4.78, 5) is 22.5. The molecule has 0 amide bonds. The molecule has 20 heavy (non-hydrogen) atoms. The Morgan fingerprint density at radius 1 is 1.60 bits per heavy atom. The van der Waals surface area contributed by atoms with Gasteiger partial charge in [-0.05, 0) is 12.5 Å². The second-order valence-corrected chi connectivity index (χ2v) is 4.51. The second-order valence-electron chi connectivity index (χ2n) is 4.51. The lowest BCUT2D eigenvalue weighted by Gasteiger charge is -2.26. The Hall–Kier alpha value is -2.22. The third-order valence-corrected chi connectivity index (χ3v) is 3.33. The highest BCUT2D eigenvalue weighted by atomic mass is 19.1. The minimum Gasteiger partial charge on any atom is -0.477 e. The Labute approximate surface area is 113 Å². The molecule has 8 heteroatoms. The highest BCUT2D eigenvalue weighted by Crippen LogP contribution is 2.30. The Morgan fingerprint density at radius 2 is 2.30 bits per heavy atom. The van der Waals surface area contributed by atoms with Crippen LogP contribution in [0.1, 0.15) is 16.8 Å². The molecule has 2 rings (SSSR count). The Bertz CT molecular complexity index is 557. The van der Waals surface area contributed by atoms with Crippen LogP contribution >= 0.6 is 0 Å². The number of nitro benzene ring substituents is 1. The third-order valence-electron chi connectivity index (χ3n) is 3.33. The summed E-state index contributed by atoms with van der Waals surface area (Å²) in [6, 6.07) is 1.56. The van der Waals surface area contributed by atoms with E-state index in [-0.39, 0.29) is 11.7 Å². The fourth-order valence-electron chi connectivity index (χ4n) is 2.17. The smallest absolute Gasteiger partial charge is 0.342 e. The van der Waals surface area contributed by atoms with E-state index in [2.05, 4.69) is 0 Å². The maximum absolute atomic E-state index is 14.0. The lowest BCUT2D eigenvalue weighted by Crippen LogP contribution is -2.32. The van der Waals surface area contributed by atoms with E-state index in [9.17, 15) is 19.3 Å². The van der Waals surface area contributed by atoms with E-state index in [4.69, 9.17) is 9.84 Å². The number of rotatable bonds is 4. The van der Waals surface area contributed by atoms with Gasteiger partial charge in [0.1, 0.15) is 5.56 Å². The van der Waals surface area contributed by atoms with Crippen molar-refractivity contribution in [3.05, 3.63) is 33.6 Å². The molecule has 0 saturated carbocycles. The quantitative estimate of drug-likeness (QED) is 0.667. The van der Waals surface area contributed by atoms with E-state index in [0.29, 0.717) is 25.7 Å². The summed E-state index contributed by atoms with van der Waals surface area (Å²) in [5.74, 6) is -2.29. The largest absolute Gasteiger partial charge is 0.477 e. The number of carboxylic acid groups (broad SMARTS) is 1. The highest BCUT2D eigenvalue weighted by molar-refractivity contribution is 5.93. The SMILES string of the molecule is CN(c1cc(C(=O)O)c([N+](=O)[O-])cc1F)C1CCOC1. The van der Waals surface area contributed by atoms with E-state index in [1.165, 1.54) is 0 Å². The molecule has 1 aliphatic heterocycles. The van der Waals surface area contributed by atoms with Crippen LogP contribution in [0.2, 0.25) is 0 Å². The van der Waals surface area contributed by atoms with Crippen LogP contribution in [-0.4, -0.2) is 42.3 Å². The molecule has 1 saturated heterocycles. The van der Waals surface area contributed by atoms with Gasteiger partial charge in [-0.2, -0.15) is 0 Å². The zero-order valence-corrected chi connectivity index (χ0v) is 10.7. The number of carboxylic acids is 1. The molecule has 7 nitrogen and oxygen atoms in total. The van der Waals surface area contributed by atoms with Crippen LogP contribution in [0.4, 0.5) is 15.8 Å². The Kier molecular flexibility index (Phi) is 3.84. The molecule has 1 heterocycles. The summed E-state index contributed by atoms with van der Waals surface area (Å²) in [5.41, 5.74) is -1.27. The average Bonchev–Trinajstić information content (AvgIpc) is 2.90. The van der Waals surface area contributed by atoms with E-state index < -0.39 is 28.0 Å². The van der Waals surface area contributed by atoms with Crippen molar-refractivity contribution in [3.63, 3.8) is 0 Å². The van der Waals surface area contributed by atoms with Gasteiger partial charge in [0.05, 0.1) is 29.3 Å². The fraction of sp³-hybridized carbons (Fsp3) is 0.417. The number of aromatic carboxylic acids is 1. The van der Waals surface area contributed by atoms with Crippen molar-refractivity contribution in [3.8, 4) is 0 Å². The van der Waals surface area contributed by atoms with Gasteiger partial charge < -0.3 is 14.7 Å². The molecule has 0 aromatic heterocycles. The predicted molar refractivity (Wildman–Crippen MR) is 67.6 cm³/mol. The van der Waals surface area contributed by atoms with Gasteiger partial charge in [-0.1, -0.05) is 0 Å². The van der Waals surface area contributed by atoms with Crippen molar-refractivity contribution >= 4 is 17.3 Å². The van der Waals surface area contributed by atoms with Crippen molar-refractivity contribution < 1.29 is 24.0 Å². The molecule has 1 unspecified atom stereocenters. The first-order chi connectivity index (χ1) is 9.41. The number of hydrogen-bond donors (Lipinski definition) is 1. The van der Waals surface area contributed by atoms with Gasteiger partial charge in [0, 0.05) is 13.7 Å². The number of carbonyl (C=O) groups is 1. The van der Waals surface area contributed by atoms with Gasteiger partial charge >= 0.3 is 5.97 Å². The number of anilines is 1. The van der Waals surface area contributed by atoms with E-state index in [0.717, 1.165) is 6.07 Å². The Morgan fingerprint density at radius 3 is 2.80 bits per heavy atom. The summed E-state index contributed by atoms with van der Waals surface area (Å²) >= 11 is 0. The summed E-state index contributed by atoms with van der Waals surface area (Å²) < 4.78 is 19.2. The second kappa shape index (κ2) is 5.41. The molecule has 1 fully saturated rings. The number of nitro groups is 1. The molecule has 0 spiro atoms. The molecule has 0 bridgehead atoms. The van der Waals surface area contributed by atoms with Crippen LogP contribution in [0.5, 0.6) is 0 Å². The number of ether oxygens (including phenoxy) is 1. The van der Waals surface area contributed by atoms with Gasteiger partial charge in [0.15, 0.2) is 5.82 Å². The third kappa shape index (κ3) is 2.55. The van der Waals surface area contributed by atoms with Crippen molar-refractivity contribution in [2.24, 2.45) is 0 Å². The van der Waals surface area contributed by atoms with Crippen LogP contribution in [0.3, 0.4) is 0 Å². The first kappa shape index (κ1) is 14.2. The van der Waals surface area contributed by atoms with Crippen molar-refractivity contribution in [1.29, 1.82) is 0 Å². The first-order valence-corrected chi connectivity index (χ1v) is 5.93. The number of hydrogen-bond acceptors (Lipinski definition) is 5. The lowest BCUT2D eigenvalue weighted by atomic mass is 10.1. The van der Waals surface area contributed by atoms with Crippen molar-refractivity contribution in [2.45, 2.75) is 12.5 Å². The van der Waals surface area contributed by atoms with Crippen LogP contribution in [0, 0.1) is 15.9 Å². The normalized spacial score (nSPS) is 18.0. The number of nitrogens with zero attached hydrogens (tertiary/aromatic N) is 2. The zero-order chi connectivity index (χ0) is 14.9. The molecular weight excluding hydrogens is 271 g/mol. The number of likely N-dealkylation sites (N-methyl/N-ethyl adjacent to an activating group) is 1. The number of halogens is 1. The van der Waals surface area contributed by atoms with Gasteiger partial charge in [-0.3, -0.25) is 10.1 Å². The van der Waals surface area contributed by atoms with Crippen molar-refractivity contribution in [2.75, 3.05) is 25.2 Å². The van der Waals surface area contributed by atoms with Gasteiger partial charge in [0.25, 0.3) is 5.69 Å². The summed E-state index contributed by atoms with van der Waals surface area (Å²) in [7, 11) is 1.61. The predicted octanol–water partition coefficient (Wildman–Crippen LogP) is 1.66. The molecule has 1 atom stereocenters. The molecule has 1 aromatic carbocycles. The molecule has 1 N–H and O–H groups in total. The standard InChI is InChI=1S/C12H13FN2O5/c1-14(7-2-3-20-6-7)11-4-8(12(16)17)10(15(18)19)5-9(11)13/h4-5,7H,2-3,6H2,1H3,(H,16,17). The molecule has 0 aliphatic carbocycles. The molecule has 0 radical (unpaired) electrons. The molecule has 1 aromatic rings. The number of benzene rings is 1. The Balaban J connectivity index is 2.45. The molecule has 1 aliphatic rings. The maximum Gasteiger partial charge on any atom is 0.342 e. The van der Waals surface area contributed by atoms with Crippen LogP contribution < -0.4 is 4.90 Å². The van der Waals surface area contributed by atoms with Gasteiger partial charge in [-0.25, -0.2) is 9.18 Å². The zero-order valence-electron chi connectivity index (χ0n) is 10.7. The summed E-state index contributed by atoms with van der Waals surface area (Å²) in [6.45, 7) is 0.963. The summed E-state index contributed by atoms with van der Waals surface area (Å²) in [5, 5.41) is 19.8. The van der Waals surface area contributed by atoms with Crippen LogP contribution in [0.15, 0.2) is 12.1 Å². The van der Waals surface area contributed by atoms with E-state index in [1.807, 2.05) is 0 Å². The van der Waals surface area contributed by atoms with Crippen LogP contribution in [-0.2, 0) is 4.74 Å². The highest BCUT2D eigenvalue weighted by Gasteiger charge is 2.28. The van der Waals surface area contributed by atoms with E-state index >= 15 is 0 Å². The average molecular weight is 284 g/mol. The lowest BCUT2D eigenvalue weighted by molar-refractivity contribution is -0.385. The molecule has 108 valence electrons. The molecular formula is C12H13FN2O5. The summed E-state index contributed by atoms with van der Waals surface area (Å²) in [6.07, 6.45) is 0.690. The monoisotopic (exact) mass is 284 g/mol.